The van der Waals surface area contributed by atoms with E-state index in [-0.39, 0.29) is 0 Å². The summed E-state index contributed by atoms with van der Waals surface area (Å²) in [5.74, 6) is 3.19. The van der Waals surface area contributed by atoms with Crippen molar-refractivity contribution in [2.45, 2.75) is 57.5 Å². The van der Waals surface area contributed by atoms with Gasteiger partial charge in [0, 0.05) is 6.42 Å². The van der Waals surface area contributed by atoms with E-state index in [4.69, 9.17) is 14.2 Å². The van der Waals surface area contributed by atoms with Crippen LogP contribution in [0.25, 0.3) is 0 Å². The normalized spacial score (nSPS) is 19.0. The van der Waals surface area contributed by atoms with E-state index in [1.54, 1.807) is 0 Å². The zero-order valence-electron chi connectivity index (χ0n) is 13.7. The lowest BCUT2D eigenvalue weighted by Gasteiger charge is -2.20. The zero-order chi connectivity index (χ0) is 15.6. The van der Waals surface area contributed by atoms with Crippen molar-refractivity contribution in [2.75, 3.05) is 33.0 Å². The van der Waals surface area contributed by atoms with Gasteiger partial charge in [-0.25, -0.2) is 0 Å². The highest BCUT2D eigenvalue weighted by molar-refractivity contribution is 6.87. The van der Waals surface area contributed by atoms with Crippen molar-refractivity contribution in [2.24, 2.45) is 0 Å². The monoisotopic (exact) mass is 314 g/mol. The Balaban J connectivity index is 2.08. The summed E-state index contributed by atoms with van der Waals surface area (Å²) < 4.78 is 15.8. The number of hydrogen-bond acceptors (Lipinski definition) is 4. The van der Waals surface area contributed by atoms with Gasteiger partial charge in [-0.05, 0) is 18.1 Å². The number of epoxide rings is 1. The molecule has 0 aromatic rings. The first kappa shape index (κ1) is 18.7. The van der Waals surface area contributed by atoms with Crippen molar-refractivity contribution in [3.05, 3.63) is 0 Å². The molecular formula is C16H30O4Si. The molecule has 1 fully saturated rings. The molecule has 0 saturated carbocycles. The largest absolute Gasteiger partial charge is 0.390 e. The molecule has 4 nitrogen and oxygen atoms in total. The first-order valence-electron chi connectivity index (χ1n) is 8.11. The van der Waals surface area contributed by atoms with Crippen LogP contribution in [0.15, 0.2) is 0 Å². The quantitative estimate of drug-likeness (QED) is 0.275. The lowest BCUT2D eigenvalue weighted by atomic mass is 10.3. The van der Waals surface area contributed by atoms with E-state index in [2.05, 4.69) is 32.2 Å². The van der Waals surface area contributed by atoms with Gasteiger partial charge in [-0.3, -0.25) is 0 Å². The van der Waals surface area contributed by atoms with E-state index in [1.807, 2.05) is 0 Å². The van der Waals surface area contributed by atoms with Crippen molar-refractivity contribution >= 4 is 8.07 Å². The maximum absolute atomic E-state index is 9.85. The first-order chi connectivity index (χ1) is 10.2. The molecule has 1 saturated heterocycles. The van der Waals surface area contributed by atoms with E-state index >= 15 is 0 Å². The van der Waals surface area contributed by atoms with Gasteiger partial charge in [0.15, 0.2) is 0 Å². The van der Waals surface area contributed by atoms with Crippen LogP contribution in [0.4, 0.5) is 0 Å². The van der Waals surface area contributed by atoms with Crippen LogP contribution in [-0.2, 0) is 14.2 Å². The van der Waals surface area contributed by atoms with Crippen molar-refractivity contribution in [1.82, 2.24) is 0 Å². The van der Waals surface area contributed by atoms with Gasteiger partial charge in [0.05, 0.1) is 39.1 Å². The average molecular weight is 314 g/mol. The zero-order valence-corrected chi connectivity index (χ0v) is 14.7. The lowest BCUT2D eigenvalue weighted by Crippen LogP contribution is -2.29. The van der Waals surface area contributed by atoms with Gasteiger partial charge in [-0.15, -0.1) is 11.5 Å². The minimum Gasteiger partial charge on any atom is -0.390 e. The third-order valence-corrected chi connectivity index (χ3v) is 8.88. The summed E-state index contributed by atoms with van der Waals surface area (Å²) in [6.07, 6.45) is 0.304. The molecule has 0 aromatic carbocycles. The molecule has 0 spiro atoms. The number of ether oxygens (including phenoxy) is 3. The van der Waals surface area contributed by atoms with Crippen molar-refractivity contribution in [3.63, 3.8) is 0 Å². The molecule has 1 rings (SSSR count). The molecule has 0 aromatic heterocycles. The standard InChI is InChI=1S/C16H30O4Si/c1-4-21(5-2,6-3)11-7-8-15(17)12-18-9-10-19-13-16-14-20-16/h15-17H,4-6,8-10,12-14H2,1-3H3/t15-,16-/m1/s1. The maximum atomic E-state index is 9.85. The Morgan fingerprint density at radius 1 is 1.19 bits per heavy atom. The summed E-state index contributed by atoms with van der Waals surface area (Å²) in [7, 11) is -1.38. The summed E-state index contributed by atoms with van der Waals surface area (Å²) in [4.78, 5) is 0. The highest BCUT2D eigenvalue weighted by Crippen LogP contribution is 2.18. The van der Waals surface area contributed by atoms with Crippen molar-refractivity contribution < 1.29 is 19.3 Å². The van der Waals surface area contributed by atoms with Gasteiger partial charge in [0.2, 0.25) is 0 Å². The Labute approximate surface area is 130 Å². The van der Waals surface area contributed by atoms with Crippen LogP contribution in [0, 0.1) is 11.5 Å². The van der Waals surface area contributed by atoms with E-state index in [1.165, 1.54) is 18.1 Å². The topological polar surface area (TPSA) is 51.2 Å². The van der Waals surface area contributed by atoms with Crippen LogP contribution in [0.1, 0.15) is 27.2 Å². The smallest absolute Gasteiger partial charge is 0.137 e. The van der Waals surface area contributed by atoms with Gasteiger partial charge >= 0.3 is 0 Å². The van der Waals surface area contributed by atoms with Crippen LogP contribution in [-0.4, -0.2) is 58.4 Å². The lowest BCUT2D eigenvalue weighted by molar-refractivity contribution is 0.00315. The highest BCUT2D eigenvalue weighted by atomic mass is 28.3. The number of hydrogen-bond donors (Lipinski definition) is 1. The minimum atomic E-state index is -1.38. The Kier molecular flexibility index (Phi) is 9.21. The third-order valence-electron chi connectivity index (χ3n) is 4.11. The molecular weight excluding hydrogens is 284 g/mol. The number of aliphatic hydroxyl groups excluding tert-OH is 1. The fourth-order valence-corrected chi connectivity index (χ4v) is 4.65. The van der Waals surface area contributed by atoms with Gasteiger partial charge in [-0.2, -0.15) is 0 Å². The average Bonchev–Trinajstić information content (AvgIpc) is 3.32. The van der Waals surface area contributed by atoms with Crippen LogP contribution in [0.5, 0.6) is 0 Å². The van der Waals surface area contributed by atoms with E-state index in [0.29, 0.717) is 39.0 Å². The fourth-order valence-electron chi connectivity index (χ4n) is 2.15. The van der Waals surface area contributed by atoms with Crippen molar-refractivity contribution in [3.8, 4) is 11.5 Å². The third kappa shape index (κ3) is 7.98. The Morgan fingerprint density at radius 3 is 2.38 bits per heavy atom. The highest BCUT2D eigenvalue weighted by Gasteiger charge is 2.24. The fraction of sp³-hybridized carbons (Fsp3) is 0.875. The molecule has 21 heavy (non-hydrogen) atoms. The first-order valence-corrected chi connectivity index (χ1v) is 10.7. The van der Waals surface area contributed by atoms with Gasteiger partial charge in [-0.1, -0.05) is 20.8 Å². The SMILES string of the molecule is CC[Si](C#CC[C@@H](O)COCCOC[C@@H]1CO1)(CC)CC. The number of aliphatic hydroxyl groups is 1. The number of rotatable bonds is 11. The maximum Gasteiger partial charge on any atom is 0.137 e. The van der Waals surface area contributed by atoms with Crippen LogP contribution in [0.3, 0.4) is 0 Å². The van der Waals surface area contributed by atoms with Crippen LogP contribution in [0.2, 0.25) is 18.1 Å². The summed E-state index contributed by atoms with van der Waals surface area (Å²) in [5, 5.41) is 9.85. The molecule has 122 valence electrons. The molecule has 1 heterocycles. The van der Waals surface area contributed by atoms with Gasteiger partial charge in [0.1, 0.15) is 14.2 Å². The summed E-state index contributed by atoms with van der Waals surface area (Å²) in [5.41, 5.74) is 3.48. The molecule has 0 aliphatic carbocycles. The molecule has 2 atom stereocenters. The van der Waals surface area contributed by atoms with Crippen molar-refractivity contribution in [1.29, 1.82) is 0 Å². The second kappa shape index (κ2) is 10.4. The molecule has 0 radical (unpaired) electrons. The predicted molar refractivity (Wildman–Crippen MR) is 87.0 cm³/mol. The molecule has 0 bridgehead atoms. The molecule has 1 N–H and O–H groups in total. The van der Waals surface area contributed by atoms with E-state index in [9.17, 15) is 5.11 Å². The van der Waals surface area contributed by atoms with Gasteiger partial charge in [0.25, 0.3) is 0 Å². The predicted octanol–water partition coefficient (Wildman–Crippen LogP) is 2.22. The Bertz CT molecular complexity index is 321. The Hall–Kier alpha value is -0.383. The van der Waals surface area contributed by atoms with Gasteiger partial charge < -0.3 is 19.3 Å². The van der Waals surface area contributed by atoms with Crippen LogP contribution >= 0.6 is 0 Å². The molecule has 1 aliphatic heterocycles. The van der Waals surface area contributed by atoms with E-state index in [0.717, 1.165) is 6.61 Å². The molecule has 0 unspecified atom stereocenters. The molecule has 5 heteroatoms. The van der Waals surface area contributed by atoms with E-state index < -0.39 is 14.2 Å². The summed E-state index contributed by atoms with van der Waals surface area (Å²) in [6, 6.07) is 3.59. The second-order valence-electron chi connectivity index (χ2n) is 5.61. The second-order valence-corrected chi connectivity index (χ2v) is 10.5. The Morgan fingerprint density at radius 2 is 1.81 bits per heavy atom. The summed E-state index contributed by atoms with van der Waals surface area (Å²) in [6.45, 7) is 9.56. The minimum absolute atomic E-state index is 0.297. The summed E-state index contributed by atoms with van der Waals surface area (Å²) >= 11 is 0. The van der Waals surface area contributed by atoms with Crippen LogP contribution < -0.4 is 0 Å². The molecule has 1 aliphatic rings. The molecule has 0 amide bonds.